The van der Waals surface area contributed by atoms with Crippen molar-refractivity contribution in [1.29, 1.82) is 0 Å². The zero-order valence-electron chi connectivity index (χ0n) is 6.23. The van der Waals surface area contributed by atoms with Gasteiger partial charge in [-0.05, 0) is 19.1 Å². The third-order valence-corrected chi connectivity index (χ3v) is 2.84. The van der Waals surface area contributed by atoms with Crippen LogP contribution in [0.1, 0.15) is 5.69 Å². The Hall–Kier alpha value is -0.650. The zero-order chi connectivity index (χ0) is 9.19. The van der Waals surface area contributed by atoms with E-state index in [4.69, 9.17) is 11.8 Å². The number of sulfonamides is 1. The van der Waals surface area contributed by atoms with E-state index in [1.807, 2.05) is 0 Å². The highest BCUT2D eigenvalue weighted by Crippen LogP contribution is 2.17. The van der Waals surface area contributed by atoms with Crippen LogP contribution in [0.3, 0.4) is 0 Å². The van der Waals surface area contributed by atoms with Crippen LogP contribution in [0.4, 0.5) is 0 Å². The molecular weight excluding hydrogens is 200 g/mol. The molecule has 0 spiro atoms. The molecule has 1 rings (SSSR count). The summed E-state index contributed by atoms with van der Waals surface area (Å²) in [5.74, 6) is 0. The molecule has 0 saturated carbocycles. The van der Waals surface area contributed by atoms with Crippen molar-refractivity contribution in [2.75, 3.05) is 0 Å². The van der Waals surface area contributed by atoms with Crippen molar-refractivity contribution in [1.82, 2.24) is 4.98 Å². The lowest BCUT2D eigenvalue weighted by atomic mass is 10.4. The number of pyridine rings is 1. The van der Waals surface area contributed by atoms with Gasteiger partial charge in [-0.15, -0.1) is 0 Å². The highest BCUT2D eigenvalue weighted by Gasteiger charge is 2.02. The van der Waals surface area contributed by atoms with Gasteiger partial charge in [0.25, 0.3) is 0 Å². The molecule has 4 nitrogen and oxygen atoms in total. The van der Waals surface area contributed by atoms with Crippen LogP contribution in [0.25, 0.3) is 4.24 Å². The molecule has 0 radical (unpaired) electrons. The van der Waals surface area contributed by atoms with E-state index in [9.17, 15) is 8.42 Å². The number of aromatic nitrogens is 1. The van der Waals surface area contributed by atoms with E-state index in [1.54, 1.807) is 13.0 Å². The smallest absolute Gasteiger partial charge is 0.113 e. The first kappa shape index (κ1) is 9.44. The SMILES string of the molecule is Cc1ccc(S(=O)(=O)[N-]Cl)cn1. The Labute approximate surface area is 75.7 Å². The molecule has 6 heteroatoms. The molecule has 1 aromatic rings. The van der Waals surface area contributed by atoms with E-state index < -0.39 is 10.0 Å². The quantitative estimate of drug-likeness (QED) is 0.737. The zero-order valence-corrected chi connectivity index (χ0v) is 7.80. The first-order chi connectivity index (χ1) is 5.56. The number of hydrogen-bond acceptors (Lipinski definition) is 3. The molecule has 0 fully saturated rings. The largest absolute Gasteiger partial charge is 0.458 e. The maximum atomic E-state index is 11.0. The van der Waals surface area contributed by atoms with Gasteiger partial charge in [-0.25, -0.2) is 8.42 Å². The number of halogens is 1. The summed E-state index contributed by atoms with van der Waals surface area (Å²) in [6, 6.07) is 2.98. The predicted molar refractivity (Wildman–Crippen MR) is 45.4 cm³/mol. The second kappa shape index (κ2) is 3.38. The summed E-state index contributed by atoms with van der Waals surface area (Å²) in [6.45, 7) is 1.76. The summed E-state index contributed by atoms with van der Waals surface area (Å²) < 4.78 is 24.7. The summed E-state index contributed by atoms with van der Waals surface area (Å²) in [4.78, 5) is 3.80. The summed E-state index contributed by atoms with van der Waals surface area (Å²) in [5, 5.41) is 0. The Kier molecular flexibility index (Phi) is 2.66. The minimum atomic E-state index is -3.69. The van der Waals surface area contributed by atoms with Crippen LogP contribution in [0.5, 0.6) is 0 Å². The normalized spacial score (nSPS) is 11.5. The van der Waals surface area contributed by atoms with Crippen molar-refractivity contribution in [3.63, 3.8) is 0 Å². The topological polar surface area (TPSA) is 61.1 Å². The molecule has 12 heavy (non-hydrogen) atoms. The average molecular weight is 206 g/mol. The summed E-state index contributed by atoms with van der Waals surface area (Å²) in [5.41, 5.74) is 0.739. The van der Waals surface area contributed by atoms with Gasteiger partial charge in [0.05, 0.1) is 4.90 Å². The Balaban J connectivity index is 3.14. The molecular formula is C6H6ClN2O2S-. The number of rotatable bonds is 2. The van der Waals surface area contributed by atoms with Crippen LogP contribution in [-0.2, 0) is 10.0 Å². The second-order valence-corrected chi connectivity index (χ2v) is 4.15. The Morgan fingerprint density at radius 2 is 2.17 bits per heavy atom. The fraction of sp³-hybridized carbons (Fsp3) is 0.167. The van der Waals surface area contributed by atoms with Gasteiger partial charge in [0.1, 0.15) is 10.0 Å². The average Bonchev–Trinajstić information content (AvgIpc) is 2.05. The van der Waals surface area contributed by atoms with Gasteiger partial charge < -0.3 is 4.24 Å². The molecule has 0 aliphatic rings. The molecule has 1 aromatic heterocycles. The van der Waals surface area contributed by atoms with E-state index in [0.717, 1.165) is 5.69 Å². The lowest BCUT2D eigenvalue weighted by Gasteiger charge is -2.10. The van der Waals surface area contributed by atoms with Gasteiger partial charge in [-0.1, -0.05) is 0 Å². The van der Waals surface area contributed by atoms with E-state index in [0.29, 0.717) is 0 Å². The van der Waals surface area contributed by atoms with Crippen LogP contribution in [0.15, 0.2) is 23.2 Å². The van der Waals surface area contributed by atoms with Gasteiger partial charge in [0, 0.05) is 11.9 Å². The minimum absolute atomic E-state index is 0.00287. The Morgan fingerprint density at radius 3 is 2.58 bits per heavy atom. The van der Waals surface area contributed by atoms with E-state index in [-0.39, 0.29) is 4.90 Å². The molecule has 0 saturated heterocycles. The van der Waals surface area contributed by atoms with Crippen LogP contribution < -0.4 is 0 Å². The second-order valence-electron chi connectivity index (χ2n) is 2.18. The molecule has 0 unspecified atom stereocenters. The molecule has 66 valence electrons. The number of nitrogens with zero attached hydrogens (tertiary/aromatic N) is 2. The van der Waals surface area contributed by atoms with Gasteiger partial charge in [0.15, 0.2) is 0 Å². The standard InChI is InChI=1S/C6H6ClN2O2S/c1-5-2-3-6(4-8-5)12(10,11)9-7/h2-4H,1H3/q-1. The fourth-order valence-electron chi connectivity index (χ4n) is 0.647. The van der Waals surface area contributed by atoms with Crippen molar-refractivity contribution in [2.45, 2.75) is 11.8 Å². The van der Waals surface area contributed by atoms with E-state index in [1.165, 1.54) is 12.3 Å². The molecule has 0 N–H and O–H groups in total. The van der Waals surface area contributed by atoms with Gasteiger partial charge in [0.2, 0.25) is 0 Å². The summed E-state index contributed by atoms with van der Waals surface area (Å²) in [7, 11) is -3.69. The predicted octanol–water partition coefficient (Wildman–Crippen LogP) is 1.61. The molecule has 1 heterocycles. The number of aryl methyl sites for hydroxylation is 1. The van der Waals surface area contributed by atoms with Crippen molar-refractivity contribution in [3.05, 3.63) is 28.3 Å². The fourth-order valence-corrected chi connectivity index (χ4v) is 1.39. The third-order valence-electron chi connectivity index (χ3n) is 1.27. The van der Waals surface area contributed by atoms with Gasteiger partial charge >= 0.3 is 0 Å². The first-order valence-corrected chi connectivity index (χ1v) is 4.85. The minimum Gasteiger partial charge on any atom is -0.458 e. The molecule has 0 bridgehead atoms. The van der Waals surface area contributed by atoms with E-state index >= 15 is 0 Å². The maximum absolute atomic E-state index is 11.0. The van der Waals surface area contributed by atoms with Crippen LogP contribution in [0, 0.1) is 6.92 Å². The third kappa shape index (κ3) is 1.94. The number of hydrogen-bond donors (Lipinski definition) is 0. The molecule has 0 atom stereocenters. The summed E-state index contributed by atoms with van der Waals surface area (Å²) >= 11 is 4.88. The van der Waals surface area contributed by atoms with Crippen LogP contribution in [-0.4, -0.2) is 13.4 Å². The van der Waals surface area contributed by atoms with Gasteiger partial charge in [-0.3, -0.25) is 16.8 Å². The summed E-state index contributed by atoms with van der Waals surface area (Å²) in [6.07, 6.45) is 1.22. The van der Waals surface area contributed by atoms with Gasteiger partial charge in [-0.2, -0.15) is 0 Å². The lowest BCUT2D eigenvalue weighted by Crippen LogP contribution is -1.96. The van der Waals surface area contributed by atoms with Crippen molar-refractivity contribution in [3.8, 4) is 0 Å². The molecule has 0 aromatic carbocycles. The highest BCUT2D eigenvalue weighted by atomic mass is 35.5. The van der Waals surface area contributed by atoms with Crippen molar-refractivity contribution >= 4 is 21.8 Å². The van der Waals surface area contributed by atoms with Crippen molar-refractivity contribution < 1.29 is 8.42 Å². The molecule has 0 amide bonds. The highest BCUT2D eigenvalue weighted by molar-refractivity contribution is 7.95. The lowest BCUT2D eigenvalue weighted by molar-refractivity contribution is 0.603. The molecule has 0 aliphatic carbocycles. The molecule has 0 aliphatic heterocycles. The monoisotopic (exact) mass is 205 g/mol. The van der Waals surface area contributed by atoms with Crippen LogP contribution >= 0.6 is 11.8 Å². The maximum Gasteiger partial charge on any atom is 0.113 e. The first-order valence-electron chi connectivity index (χ1n) is 3.07. The van der Waals surface area contributed by atoms with Crippen molar-refractivity contribution in [2.24, 2.45) is 0 Å². The van der Waals surface area contributed by atoms with E-state index in [2.05, 4.69) is 9.23 Å². The Bertz CT molecular complexity index is 360. The van der Waals surface area contributed by atoms with Crippen LogP contribution in [0.2, 0.25) is 0 Å². The Morgan fingerprint density at radius 1 is 1.50 bits per heavy atom.